The third kappa shape index (κ3) is 13.1. The van der Waals surface area contributed by atoms with Crippen molar-refractivity contribution in [2.45, 2.75) is 104 Å². The number of ether oxygens (including phenoxy) is 1. The van der Waals surface area contributed by atoms with Crippen molar-refractivity contribution in [3.05, 3.63) is 12.2 Å². The van der Waals surface area contributed by atoms with Crippen molar-refractivity contribution in [2.75, 3.05) is 0 Å². The highest BCUT2D eigenvalue weighted by Crippen LogP contribution is 2.21. The molecule has 0 bridgehead atoms. The molecule has 3 unspecified atom stereocenters. The Hall–Kier alpha value is -0.870. The Morgan fingerprint density at radius 2 is 1.48 bits per heavy atom. The van der Waals surface area contributed by atoms with Crippen molar-refractivity contribution in [3.63, 3.8) is 0 Å². The monoisotopic (exact) mass is 356 g/mol. The molecule has 0 aromatic heterocycles. The van der Waals surface area contributed by atoms with Gasteiger partial charge in [0.05, 0.1) is 5.92 Å². The number of unbranched alkanes of at least 4 members (excludes halogenated alkanes) is 7. The minimum atomic E-state index is -1.43. The van der Waals surface area contributed by atoms with Crippen LogP contribution in [0.5, 0.6) is 0 Å². The quantitative estimate of drug-likeness (QED) is 0.188. The maximum Gasteiger partial charge on any atom is 0.311 e. The summed E-state index contributed by atoms with van der Waals surface area (Å²) in [6, 6.07) is 0. The van der Waals surface area contributed by atoms with Gasteiger partial charge in [-0.05, 0) is 44.9 Å². The Balaban J connectivity index is 3.87. The van der Waals surface area contributed by atoms with E-state index in [9.17, 15) is 15.0 Å². The van der Waals surface area contributed by atoms with Gasteiger partial charge in [-0.25, -0.2) is 0 Å². The molecule has 0 heterocycles. The van der Waals surface area contributed by atoms with Crippen molar-refractivity contribution >= 4 is 5.97 Å². The molecule has 0 spiro atoms. The molecule has 0 aromatic carbocycles. The van der Waals surface area contributed by atoms with Crippen molar-refractivity contribution in [2.24, 2.45) is 11.8 Å². The van der Waals surface area contributed by atoms with Gasteiger partial charge in [-0.15, -0.1) is 0 Å². The normalized spacial score (nSPS) is 15.5. The van der Waals surface area contributed by atoms with E-state index in [1.54, 1.807) is 0 Å². The van der Waals surface area contributed by atoms with Crippen LogP contribution in [-0.4, -0.2) is 28.6 Å². The van der Waals surface area contributed by atoms with Gasteiger partial charge in [0, 0.05) is 0 Å². The number of carbonyl (C=O) groups excluding carboxylic acids is 1. The van der Waals surface area contributed by atoms with Crippen LogP contribution in [0.1, 0.15) is 91.9 Å². The Bertz CT molecular complexity index is 350. The molecule has 0 aliphatic carbocycles. The lowest BCUT2D eigenvalue weighted by Gasteiger charge is -2.22. The first-order chi connectivity index (χ1) is 11.9. The van der Waals surface area contributed by atoms with E-state index in [2.05, 4.69) is 19.1 Å². The second-order valence-electron chi connectivity index (χ2n) is 7.38. The third-order valence-corrected chi connectivity index (χ3v) is 4.53. The highest BCUT2D eigenvalue weighted by atomic mass is 16.6. The van der Waals surface area contributed by atoms with Gasteiger partial charge in [0.1, 0.15) is 6.10 Å². The Kier molecular flexibility index (Phi) is 14.9. The van der Waals surface area contributed by atoms with Crippen LogP contribution in [-0.2, 0) is 9.53 Å². The van der Waals surface area contributed by atoms with Gasteiger partial charge in [0.2, 0.25) is 6.29 Å². The highest BCUT2D eigenvalue weighted by molar-refractivity contribution is 5.72. The third-order valence-electron chi connectivity index (χ3n) is 4.53. The fraction of sp³-hybridized carbons (Fsp3) is 0.857. The van der Waals surface area contributed by atoms with Crippen LogP contribution in [0.15, 0.2) is 12.2 Å². The average Bonchev–Trinajstić information content (AvgIpc) is 2.55. The van der Waals surface area contributed by atoms with E-state index in [4.69, 9.17) is 4.74 Å². The highest BCUT2D eigenvalue weighted by Gasteiger charge is 2.26. The number of esters is 1. The topological polar surface area (TPSA) is 66.8 Å². The van der Waals surface area contributed by atoms with Gasteiger partial charge in [-0.1, -0.05) is 65.0 Å². The van der Waals surface area contributed by atoms with Gasteiger partial charge < -0.3 is 14.9 Å². The standard InChI is InChI=1S/C21H40O4/c1-5-6-7-8-9-10-11-12-13-14-15-16-19(17(2)3)21(24)25-20(23)18(4)22/h10-11,17-20,22-23H,5-9,12-16H2,1-4H3/b11-10+. The van der Waals surface area contributed by atoms with Gasteiger partial charge in [0.15, 0.2) is 0 Å². The van der Waals surface area contributed by atoms with E-state index in [1.807, 2.05) is 13.8 Å². The summed E-state index contributed by atoms with van der Waals surface area (Å²) in [7, 11) is 0. The minimum Gasteiger partial charge on any atom is -0.433 e. The molecule has 4 heteroatoms. The Morgan fingerprint density at radius 3 is 1.96 bits per heavy atom. The minimum absolute atomic E-state index is 0.164. The summed E-state index contributed by atoms with van der Waals surface area (Å²) >= 11 is 0. The predicted molar refractivity (Wildman–Crippen MR) is 103 cm³/mol. The van der Waals surface area contributed by atoms with E-state index in [0.717, 1.165) is 32.1 Å². The molecule has 0 saturated heterocycles. The summed E-state index contributed by atoms with van der Waals surface area (Å²) in [5.74, 6) is -0.463. The summed E-state index contributed by atoms with van der Waals surface area (Å²) in [6.07, 6.45) is 13.6. The van der Waals surface area contributed by atoms with Gasteiger partial charge in [-0.2, -0.15) is 0 Å². The Morgan fingerprint density at radius 1 is 0.920 bits per heavy atom. The summed E-state index contributed by atoms with van der Waals surface area (Å²) in [5.41, 5.74) is 0. The smallest absolute Gasteiger partial charge is 0.311 e. The summed E-state index contributed by atoms with van der Waals surface area (Å²) in [4.78, 5) is 12.1. The van der Waals surface area contributed by atoms with Crippen LogP contribution in [0.2, 0.25) is 0 Å². The molecule has 0 fully saturated rings. The Labute approximate surface area is 154 Å². The molecule has 3 atom stereocenters. The average molecular weight is 357 g/mol. The van der Waals surface area contributed by atoms with E-state index in [0.29, 0.717) is 0 Å². The van der Waals surface area contributed by atoms with Crippen molar-refractivity contribution in [1.29, 1.82) is 0 Å². The fourth-order valence-corrected chi connectivity index (χ4v) is 2.76. The molecule has 148 valence electrons. The van der Waals surface area contributed by atoms with Crippen LogP contribution in [0, 0.1) is 11.8 Å². The van der Waals surface area contributed by atoms with Crippen LogP contribution in [0.4, 0.5) is 0 Å². The van der Waals surface area contributed by atoms with E-state index in [-0.39, 0.29) is 11.8 Å². The first-order valence-electron chi connectivity index (χ1n) is 10.1. The zero-order valence-corrected chi connectivity index (χ0v) is 16.7. The molecule has 0 rings (SSSR count). The van der Waals surface area contributed by atoms with Crippen molar-refractivity contribution in [1.82, 2.24) is 0 Å². The molecule has 0 aliphatic heterocycles. The number of aliphatic hydroxyl groups excluding tert-OH is 2. The van der Waals surface area contributed by atoms with Gasteiger partial charge >= 0.3 is 5.97 Å². The summed E-state index contributed by atoms with van der Waals surface area (Å²) < 4.78 is 4.94. The zero-order chi connectivity index (χ0) is 19.1. The lowest BCUT2D eigenvalue weighted by atomic mass is 9.90. The molecular weight excluding hydrogens is 316 g/mol. The zero-order valence-electron chi connectivity index (χ0n) is 16.7. The lowest BCUT2D eigenvalue weighted by molar-refractivity contribution is -0.190. The van der Waals surface area contributed by atoms with Gasteiger partial charge in [0.25, 0.3) is 0 Å². The predicted octanol–water partition coefficient (Wildman–Crippen LogP) is 4.98. The summed E-state index contributed by atoms with van der Waals surface area (Å²) in [5, 5.41) is 18.7. The molecule has 0 aliphatic rings. The number of rotatable bonds is 15. The molecule has 0 radical (unpaired) electrons. The van der Waals surface area contributed by atoms with Gasteiger partial charge in [-0.3, -0.25) is 4.79 Å². The maximum atomic E-state index is 12.1. The second kappa shape index (κ2) is 15.4. The van der Waals surface area contributed by atoms with E-state index >= 15 is 0 Å². The number of hydrogen-bond acceptors (Lipinski definition) is 4. The number of hydrogen-bond donors (Lipinski definition) is 2. The number of aliphatic hydroxyl groups is 2. The second-order valence-corrected chi connectivity index (χ2v) is 7.38. The number of allylic oxidation sites excluding steroid dienone is 2. The maximum absolute atomic E-state index is 12.1. The molecule has 0 saturated carbocycles. The van der Waals surface area contributed by atoms with Crippen LogP contribution < -0.4 is 0 Å². The van der Waals surface area contributed by atoms with Crippen LogP contribution in [0.25, 0.3) is 0 Å². The summed E-state index contributed by atoms with van der Waals surface area (Å²) in [6.45, 7) is 7.61. The van der Waals surface area contributed by atoms with Crippen LogP contribution in [0.3, 0.4) is 0 Å². The van der Waals surface area contributed by atoms with E-state index in [1.165, 1.54) is 39.0 Å². The van der Waals surface area contributed by atoms with Crippen molar-refractivity contribution < 1.29 is 19.7 Å². The molecule has 0 aromatic rings. The first kappa shape index (κ1) is 24.1. The largest absolute Gasteiger partial charge is 0.433 e. The first-order valence-corrected chi connectivity index (χ1v) is 10.1. The fourth-order valence-electron chi connectivity index (χ4n) is 2.76. The molecule has 4 nitrogen and oxygen atoms in total. The lowest BCUT2D eigenvalue weighted by Crippen LogP contribution is -2.33. The SMILES string of the molecule is CCCCCC/C=C/CCCCCC(C(=O)OC(O)C(C)O)C(C)C. The molecule has 2 N–H and O–H groups in total. The molecule has 0 amide bonds. The molecule has 25 heavy (non-hydrogen) atoms. The number of carbonyl (C=O) groups is 1. The van der Waals surface area contributed by atoms with E-state index < -0.39 is 18.4 Å². The van der Waals surface area contributed by atoms with Crippen LogP contribution >= 0.6 is 0 Å². The van der Waals surface area contributed by atoms with Crippen molar-refractivity contribution in [3.8, 4) is 0 Å². The molecular formula is C21H40O4.